The molecule has 118 valence electrons. The molecule has 2 aromatic carbocycles. The monoisotopic (exact) mass is 351 g/mol. The average Bonchev–Trinajstić information content (AvgIpc) is 2.92. The number of aromatic amines is 1. The van der Waals surface area contributed by atoms with E-state index in [0.29, 0.717) is 38.5 Å². The Morgan fingerprint density at radius 3 is 2.61 bits per heavy atom. The molecule has 3 aromatic rings. The first kappa shape index (κ1) is 15.5. The number of rotatable bonds is 3. The number of anilines is 1. The largest absolute Gasteiger partial charge is 0.457 e. The molecule has 0 unspecified atom stereocenters. The van der Waals surface area contributed by atoms with E-state index in [1.165, 1.54) is 7.11 Å². The van der Waals surface area contributed by atoms with Crippen LogP contribution in [0.1, 0.15) is 0 Å². The highest BCUT2D eigenvalue weighted by atomic mass is 35.5. The Bertz CT molecular complexity index is 880. The molecule has 0 spiro atoms. The second-order valence-corrected chi connectivity index (χ2v) is 5.37. The number of carbonyl (C=O) groups is 1. The minimum atomic E-state index is -0.601. The number of ether oxygens (including phenoxy) is 2. The minimum absolute atomic E-state index is 0.290. The number of fused-ring (bicyclic) bond motifs is 1. The van der Waals surface area contributed by atoms with Crippen molar-refractivity contribution < 1.29 is 14.3 Å². The number of hydrogen-bond acceptors (Lipinski definition) is 4. The van der Waals surface area contributed by atoms with Crippen LogP contribution in [0, 0.1) is 0 Å². The number of amides is 1. The van der Waals surface area contributed by atoms with Gasteiger partial charge in [0.1, 0.15) is 11.5 Å². The van der Waals surface area contributed by atoms with Crippen LogP contribution in [0.15, 0.2) is 36.4 Å². The average molecular weight is 352 g/mol. The Morgan fingerprint density at radius 1 is 1.13 bits per heavy atom. The van der Waals surface area contributed by atoms with Crippen molar-refractivity contribution in [2.24, 2.45) is 0 Å². The molecule has 2 N–H and O–H groups in total. The molecule has 0 aliphatic carbocycles. The molecule has 0 saturated heterocycles. The number of nitrogens with one attached hydrogen (secondary N) is 2. The van der Waals surface area contributed by atoms with Crippen molar-refractivity contribution in [1.82, 2.24) is 9.97 Å². The van der Waals surface area contributed by atoms with Crippen LogP contribution in [0.25, 0.3) is 11.0 Å². The zero-order chi connectivity index (χ0) is 16.4. The van der Waals surface area contributed by atoms with Crippen molar-refractivity contribution in [3.63, 3.8) is 0 Å². The summed E-state index contributed by atoms with van der Waals surface area (Å²) in [6.45, 7) is 0. The number of hydrogen-bond donors (Lipinski definition) is 2. The van der Waals surface area contributed by atoms with Crippen molar-refractivity contribution in [2.45, 2.75) is 0 Å². The van der Waals surface area contributed by atoms with E-state index < -0.39 is 6.09 Å². The highest BCUT2D eigenvalue weighted by molar-refractivity contribution is 6.42. The number of methoxy groups -OCH3 is 1. The second kappa shape index (κ2) is 6.36. The van der Waals surface area contributed by atoms with Gasteiger partial charge >= 0.3 is 6.09 Å². The summed E-state index contributed by atoms with van der Waals surface area (Å²) in [7, 11) is 1.28. The molecular formula is C15H11Cl2N3O3. The fourth-order valence-corrected chi connectivity index (χ4v) is 2.22. The van der Waals surface area contributed by atoms with E-state index in [1.807, 2.05) is 0 Å². The molecule has 0 saturated carbocycles. The summed E-state index contributed by atoms with van der Waals surface area (Å²) in [5.41, 5.74) is 1.38. The van der Waals surface area contributed by atoms with Gasteiger partial charge in [0.2, 0.25) is 5.95 Å². The molecule has 8 heteroatoms. The molecule has 1 amide bonds. The quantitative estimate of drug-likeness (QED) is 0.707. The van der Waals surface area contributed by atoms with Crippen molar-refractivity contribution in [1.29, 1.82) is 0 Å². The van der Waals surface area contributed by atoms with Gasteiger partial charge < -0.3 is 14.5 Å². The lowest BCUT2D eigenvalue weighted by atomic mass is 10.3. The van der Waals surface area contributed by atoms with E-state index in [9.17, 15) is 4.79 Å². The fourth-order valence-electron chi connectivity index (χ4n) is 1.94. The third kappa shape index (κ3) is 3.49. The van der Waals surface area contributed by atoms with Crippen LogP contribution < -0.4 is 10.1 Å². The maximum atomic E-state index is 11.2. The summed E-state index contributed by atoms with van der Waals surface area (Å²) in [5.74, 6) is 1.44. The number of imidazole rings is 1. The van der Waals surface area contributed by atoms with Crippen molar-refractivity contribution in [2.75, 3.05) is 12.4 Å². The third-order valence-electron chi connectivity index (χ3n) is 2.99. The summed E-state index contributed by atoms with van der Waals surface area (Å²) < 4.78 is 10.2. The standard InChI is InChI=1S/C15H11Cl2N3O3/c1-22-15(21)20-14-18-12-5-3-9(7-13(12)19-14)23-8-2-4-10(16)11(17)6-8/h2-7H,1H3,(H2,18,19,20,21). The van der Waals surface area contributed by atoms with Crippen molar-refractivity contribution >= 4 is 46.3 Å². The van der Waals surface area contributed by atoms with Crippen LogP contribution in [-0.2, 0) is 4.74 Å². The first-order valence-corrected chi connectivity index (χ1v) is 7.28. The Balaban J connectivity index is 1.84. The fraction of sp³-hybridized carbons (Fsp3) is 0.0667. The van der Waals surface area contributed by atoms with Crippen molar-refractivity contribution in [3.8, 4) is 11.5 Å². The van der Waals surface area contributed by atoms with Crippen LogP contribution in [0.5, 0.6) is 11.5 Å². The summed E-state index contributed by atoms with van der Waals surface area (Å²) in [4.78, 5) is 18.4. The van der Waals surface area contributed by atoms with Gasteiger partial charge in [-0.2, -0.15) is 0 Å². The number of H-pyrrole nitrogens is 1. The lowest BCUT2D eigenvalue weighted by Gasteiger charge is -2.06. The summed E-state index contributed by atoms with van der Waals surface area (Å²) in [6, 6.07) is 10.3. The van der Waals surface area contributed by atoms with E-state index in [0.717, 1.165) is 0 Å². The molecule has 0 aliphatic rings. The Morgan fingerprint density at radius 2 is 1.87 bits per heavy atom. The lowest BCUT2D eigenvalue weighted by molar-refractivity contribution is 0.186. The first-order valence-electron chi connectivity index (χ1n) is 6.53. The van der Waals surface area contributed by atoms with Crippen LogP contribution in [0.4, 0.5) is 10.7 Å². The molecule has 23 heavy (non-hydrogen) atoms. The topological polar surface area (TPSA) is 76.2 Å². The van der Waals surface area contributed by atoms with E-state index in [2.05, 4.69) is 20.0 Å². The minimum Gasteiger partial charge on any atom is -0.457 e. The number of carbonyl (C=O) groups excluding carboxylic acids is 1. The number of aromatic nitrogens is 2. The molecule has 1 heterocycles. The zero-order valence-electron chi connectivity index (χ0n) is 11.9. The van der Waals surface area contributed by atoms with Crippen LogP contribution in [0.3, 0.4) is 0 Å². The SMILES string of the molecule is COC(=O)Nc1nc2ccc(Oc3ccc(Cl)c(Cl)c3)cc2[nH]1. The highest BCUT2D eigenvalue weighted by Gasteiger charge is 2.08. The summed E-state index contributed by atoms with van der Waals surface area (Å²) in [5, 5.41) is 3.34. The van der Waals surface area contributed by atoms with E-state index in [4.69, 9.17) is 27.9 Å². The molecule has 3 rings (SSSR count). The summed E-state index contributed by atoms with van der Waals surface area (Å²) >= 11 is 11.8. The molecule has 0 bridgehead atoms. The molecule has 0 atom stereocenters. The van der Waals surface area contributed by atoms with Gasteiger partial charge in [-0.05, 0) is 24.3 Å². The summed E-state index contributed by atoms with van der Waals surface area (Å²) in [6.07, 6.45) is -0.601. The molecule has 0 radical (unpaired) electrons. The van der Waals surface area contributed by atoms with E-state index >= 15 is 0 Å². The number of halogens is 2. The van der Waals surface area contributed by atoms with Gasteiger partial charge in [-0.1, -0.05) is 23.2 Å². The predicted molar refractivity (Wildman–Crippen MR) is 88.7 cm³/mol. The lowest BCUT2D eigenvalue weighted by Crippen LogP contribution is -2.11. The number of nitrogens with zero attached hydrogens (tertiary/aromatic N) is 1. The highest BCUT2D eigenvalue weighted by Crippen LogP contribution is 2.30. The van der Waals surface area contributed by atoms with Gasteiger partial charge in [0.05, 0.1) is 28.2 Å². The van der Waals surface area contributed by atoms with Crippen LogP contribution >= 0.6 is 23.2 Å². The first-order chi connectivity index (χ1) is 11.0. The molecule has 0 fully saturated rings. The molecule has 1 aromatic heterocycles. The Hall–Kier alpha value is -2.44. The second-order valence-electron chi connectivity index (χ2n) is 4.56. The van der Waals surface area contributed by atoms with Gasteiger partial charge in [0.25, 0.3) is 0 Å². The van der Waals surface area contributed by atoms with Crippen LogP contribution in [-0.4, -0.2) is 23.2 Å². The van der Waals surface area contributed by atoms with E-state index in [-0.39, 0.29) is 0 Å². The molecular weight excluding hydrogens is 341 g/mol. The van der Waals surface area contributed by atoms with Gasteiger partial charge in [-0.25, -0.2) is 9.78 Å². The zero-order valence-corrected chi connectivity index (χ0v) is 13.4. The maximum Gasteiger partial charge on any atom is 0.413 e. The third-order valence-corrected chi connectivity index (χ3v) is 3.73. The van der Waals surface area contributed by atoms with Gasteiger partial charge in [-0.3, -0.25) is 5.32 Å². The normalized spacial score (nSPS) is 10.6. The van der Waals surface area contributed by atoms with Crippen molar-refractivity contribution in [3.05, 3.63) is 46.4 Å². The van der Waals surface area contributed by atoms with Crippen LogP contribution in [0.2, 0.25) is 10.0 Å². The van der Waals surface area contributed by atoms with Gasteiger partial charge in [0, 0.05) is 12.1 Å². The van der Waals surface area contributed by atoms with E-state index in [1.54, 1.807) is 36.4 Å². The smallest absolute Gasteiger partial charge is 0.413 e. The molecule has 0 aliphatic heterocycles. The predicted octanol–water partition coefficient (Wildman–Crippen LogP) is 4.84. The molecule has 6 nitrogen and oxygen atoms in total. The Kier molecular flexibility index (Phi) is 4.27. The maximum absolute atomic E-state index is 11.2. The Labute approximate surface area is 141 Å². The van der Waals surface area contributed by atoms with Gasteiger partial charge in [-0.15, -0.1) is 0 Å². The van der Waals surface area contributed by atoms with Gasteiger partial charge in [0.15, 0.2) is 0 Å². The number of benzene rings is 2.